The van der Waals surface area contributed by atoms with Gasteiger partial charge < -0.3 is 19.3 Å². The second-order valence-corrected chi connectivity index (χ2v) is 8.72. The highest BCUT2D eigenvalue weighted by Gasteiger charge is 2.31. The number of carbonyl (C=O) groups is 1. The third-order valence-electron chi connectivity index (χ3n) is 5.92. The molecule has 7 heteroatoms. The van der Waals surface area contributed by atoms with E-state index in [-0.39, 0.29) is 24.5 Å². The fourth-order valence-corrected chi connectivity index (χ4v) is 4.35. The summed E-state index contributed by atoms with van der Waals surface area (Å²) in [5.74, 6) is 2.06. The van der Waals surface area contributed by atoms with Crippen molar-refractivity contribution in [1.82, 2.24) is 14.9 Å². The molecule has 1 aliphatic rings. The van der Waals surface area contributed by atoms with Gasteiger partial charge in [-0.25, -0.2) is 9.97 Å². The zero-order valence-electron chi connectivity index (χ0n) is 20.1. The van der Waals surface area contributed by atoms with Crippen molar-refractivity contribution in [2.45, 2.75) is 38.8 Å². The summed E-state index contributed by atoms with van der Waals surface area (Å²) in [4.78, 5) is 26.1. The van der Waals surface area contributed by atoms with Gasteiger partial charge in [0.2, 0.25) is 5.91 Å². The Labute approximate surface area is 201 Å². The Morgan fingerprint density at radius 1 is 1.03 bits per heavy atom. The third-order valence-corrected chi connectivity index (χ3v) is 5.92. The van der Waals surface area contributed by atoms with Crippen LogP contribution in [-0.2, 0) is 17.6 Å². The van der Waals surface area contributed by atoms with Crippen LogP contribution in [0.4, 0.5) is 5.69 Å². The van der Waals surface area contributed by atoms with Gasteiger partial charge in [-0.2, -0.15) is 0 Å². The van der Waals surface area contributed by atoms with Crippen molar-refractivity contribution in [3.05, 3.63) is 78.4 Å². The van der Waals surface area contributed by atoms with Gasteiger partial charge in [0.1, 0.15) is 5.82 Å². The Balaban J connectivity index is 1.56. The average Bonchev–Trinajstić information content (AvgIpc) is 2.85. The van der Waals surface area contributed by atoms with E-state index in [2.05, 4.69) is 33.1 Å². The minimum Gasteiger partial charge on any atom is -0.493 e. The Kier molecular flexibility index (Phi) is 7.62. The summed E-state index contributed by atoms with van der Waals surface area (Å²) < 4.78 is 11.5. The molecule has 0 radical (unpaired) electrons. The number of nitrogens with zero attached hydrogens (tertiary/aromatic N) is 4. The minimum atomic E-state index is 0.0314. The molecule has 0 unspecified atom stereocenters. The second-order valence-electron chi connectivity index (χ2n) is 8.72. The lowest BCUT2D eigenvalue weighted by Crippen LogP contribution is -2.56. The van der Waals surface area contributed by atoms with E-state index in [9.17, 15) is 4.79 Å². The molecule has 1 atom stereocenters. The van der Waals surface area contributed by atoms with Crippen molar-refractivity contribution in [2.75, 3.05) is 31.6 Å². The maximum absolute atomic E-state index is 13.3. The molecule has 178 valence electrons. The van der Waals surface area contributed by atoms with E-state index in [0.717, 1.165) is 36.7 Å². The van der Waals surface area contributed by atoms with Gasteiger partial charge >= 0.3 is 0 Å². The van der Waals surface area contributed by atoms with Crippen LogP contribution in [0.1, 0.15) is 25.2 Å². The van der Waals surface area contributed by atoms with Crippen LogP contribution in [-0.4, -0.2) is 59.7 Å². The van der Waals surface area contributed by atoms with Crippen LogP contribution in [0.25, 0.3) is 0 Å². The number of piperazine rings is 1. The first-order valence-electron chi connectivity index (χ1n) is 11.7. The predicted octanol–water partition coefficient (Wildman–Crippen LogP) is 3.78. The Morgan fingerprint density at radius 3 is 2.50 bits per heavy atom. The average molecular weight is 461 g/mol. The lowest BCUT2D eigenvalue weighted by molar-refractivity contribution is -0.133. The van der Waals surface area contributed by atoms with Crippen LogP contribution in [0.3, 0.4) is 0 Å². The lowest BCUT2D eigenvalue weighted by Gasteiger charge is -2.43. The number of ether oxygens (including phenoxy) is 2. The van der Waals surface area contributed by atoms with Crippen LogP contribution < -0.4 is 14.4 Å². The molecule has 1 saturated heterocycles. The standard InChI is InChI=1S/C27H32N4O3/c1-20(2)34-25-17-22(10-11-24(25)33-3)30-14-15-31(27(32)18-26-28-12-7-13-29-26)23(19-30)16-21-8-5-4-6-9-21/h4-13,17,20,23H,14-16,18-19H2,1-3H3/t23-/m0/s1. The molecule has 0 bridgehead atoms. The molecule has 34 heavy (non-hydrogen) atoms. The summed E-state index contributed by atoms with van der Waals surface area (Å²) in [5.41, 5.74) is 2.27. The molecular weight excluding hydrogens is 428 g/mol. The fraction of sp³-hybridized carbons (Fsp3) is 0.370. The monoisotopic (exact) mass is 460 g/mol. The van der Waals surface area contributed by atoms with Gasteiger partial charge in [0, 0.05) is 43.8 Å². The van der Waals surface area contributed by atoms with E-state index in [1.54, 1.807) is 25.6 Å². The van der Waals surface area contributed by atoms with Crippen LogP contribution in [0.5, 0.6) is 11.5 Å². The number of carbonyl (C=O) groups excluding carboxylic acids is 1. The zero-order valence-corrected chi connectivity index (χ0v) is 20.1. The first-order chi connectivity index (χ1) is 16.5. The van der Waals surface area contributed by atoms with Gasteiger partial charge in [0.25, 0.3) is 0 Å². The van der Waals surface area contributed by atoms with E-state index in [1.807, 2.05) is 49.1 Å². The topological polar surface area (TPSA) is 67.8 Å². The van der Waals surface area contributed by atoms with Gasteiger partial charge in [-0.15, -0.1) is 0 Å². The highest BCUT2D eigenvalue weighted by molar-refractivity contribution is 5.78. The SMILES string of the molecule is COc1ccc(N2CCN(C(=O)Cc3ncccn3)[C@@H](Cc3ccccc3)C2)cc1OC(C)C. The molecule has 0 spiro atoms. The maximum atomic E-state index is 13.3. The van der Waals surface area contributed by atoms with E-state index in [1.165, 1.54) is 5.56 Å². The van der Waals surface area contributed by atoms with Crippen molar-refractivity contribution in [3.8, 4) is 11.5 Å². The highest BCUT2D eigenvalue weighted by atomic mass is 16.5. The molecule has 7 nitrogen and oxygen atoms in total. The summed E-state index contributed by atoms with van der Waals surface area (Å²) in [6.45, 7) is 6.10. The summed E-state index contributed by atoms with van der Waals surface area (Å²) in [6.07, 6.45) is 4.39. The van der Waals surface area contributed by atoms with Crippen molar-refractivity contribution >= 4 is 11.6 Å². The van der Waals surface area contributed by atoms with Crippen molar-refractivity contribution in [3.63, 3.8) is 0 Å². The number of benzene rings is 2. The van der Waals surface area contributed by atoms with Crippen molar-refractivity contribution in [2.24, 2.45) is 0 Å². The number of hydrogen-bond donors (Lipinski definition) is 0. The van der Waals surface area contributed by atoms with Crippen molar-refractivity contribution < 1.29 is 14.3 Å². The number of aromatic nitrogens is 2. The quantitative estimate of drug-likeness (QED) is 0.510. The van der Waals surface area contributed by atoms with E-state index < -0.39 is 0 Å². The summed E-state index contributed by atoms with van der Waals surface area (Å²) in [7, 11) is 1.65. The largest absolute Gasteiger partial charge is 0.493 e. The number of methoxy groups -OCH3 is 1. The normalized spacial score (nSPS) is 15.9. The first kappa shape index (κ1) is 23.5. The molecule has 1 amide bonds. The number of rotatable bonds is 8. The van der Waals surface area contributed by atoms with Gasteiger partial charge in [-0.05, 0) is 44.0 Å². The van der Waals surface area contributed by atoms with Gasteiger partial charge in [0.05, 0.1) is 25.7 Å². The molecule has 0 N–H and O–H groups in total. The van der Waals surface area contributed by atoms with Crippen LogP contribution in [0, 0.1) is 0 Å². The summed E-state index contributed by atoms with van der Waals surface area (Å²) >= 11 is 0. The lowest BCUT2D eigenvalue weighted by atomic mass is 10.0. The first-order valence-corrected chi connectivity index (χ1v) is 11.7. The van der Waals surface area contributed by atoms with E-state index in [4.69, 9.17) is 9.47 Å². The summed E-state index contributed by atoms with van der Waals surface area (Å²) in [6, 6.07) is 18.2. The second kappa shape index (κ2) is 11.0. The van der Waals surface area contributed by atoms with Gasteiger partial charge in [0.15, 0.2) is 11.5 Å². The number of amides is 1. The predicted molar refractivity (Wildman–Crippen MR) is 132 cm³/mol. The molecule has 2 heterocycles. The smallest absolute Gasteiger partial charge is 0.230 e. The van der Waals surface area contributed by atoms with Crippen LogP contribution >= 0.6 is 0 Å². The molecule has 0 saturated carbocycles. The molecule has 4 rings (SSSR count). The Bertz CT molecular complexity index is 1080. The van der Waals surface area contributed by atoms with E-state index in [0.29, 0.717) is 12.4 Å². The molecule has 3 aromatic rings. The van der Waals surface area contributed by atoms with Crippen molar-refractivity contribution in [1.29, 1.82) is 0 Å². The van der Waals surface area contributed by atoms with Gasteiger partial charge in [-0.3, -0.25) is 4.79 Å². The highest BCUT2D eigenvalue weighted by Crippen LogP contribution is 2.33. The fourth-order valence-electron chi connectivity index (χ4n) is 4.35. The number of hydrogen-bond acceptors (Lipinski definition) is 6. The maximum Gasteiger partial charge on any atom is 0.230 e. The molecule has 0 aliphatic carbocycles. The van der Waals surface area contributed by atoms with Crippen LogP contribution in [0.15, 0.2) is 67.0 Å². The summed E-state index contributed by atoms with van der Waals surface area (Å²) in [5, 5.41) is 0. The van der Waals surface area contributed by atoms with Crippen LogP contribution in [0.2, 0.25) is 0 Å². The van der Waals surface area contributed by atoms with E-state index >= 15 is 0 Å². The Morgan fingerprint density at radius 2 is 1.79 bits per heavy atom. The molecule has 1 aliphatic heterocycles. The van der Waals surface area contributed by atoms with Gasteiger partial charge in [-0.1, -0.05) is 30.3 Å². The third kappa shape index (κ3) is 5.84. The molecule has 2 aromatic carbocycles. The Hall–Kier alpha value is -3.61. The molecular formula is C27H32N4O3. The molecule has 1 fully saturated rings. The zero-order chi connectivity index (χ0) is 23.9. The minimum absolute atomic E-state index is 0.0314. The number of anilines is 1. The molecule has 1 aromatic heterocycles.